The molecule has 6 heteroatoms. The molecule has 0 saturated carbocycles. The summed E-state index contributed by atoms with van der Waals surface area (Å²) in [6.45, 7) is 6.23. The number of hydrogen-bond acceptors (Lipinski definition) is 5. The van der Waals surface area contributed by atoms with Crippen molar-refractivity contribution >= 4 is 17.4 Å². The van der Waals surface area contributed by atoms with Crippen molar-refractivity contribution in [3.8, 4) is 0 Å². The summed E-state index contributed by atoms with van der Waals surface area (Å²) in [7, 11) is 2.00. The highest BCUT2D eigenvalue weighted by Crippen LogP contribution is 2.17. The number of likely N-dealkylation sites (N-methyl/N-ethyl adjacent to an activating group) is 1. The van der Waals surface area contributed by atoms with Crippen LogP contribution in [0.3, 0.4) is 0 Å². The minimum atomic E-state index is 0.255. The number of hydrazine groups is 1. The van der Waals surface area contributed by atoms with Gasteiger partial charge in [0.25, 0.3) is 0 Å². The summed E-state index contributed by atoms with van der Waals surface area (Å²) in [5.74, 6) is 5.94. The number of pyridine rings is 1. The van der Waals surface area contributed by atoms with Gasteiger partial charge < -0.3 is 10.2 Å². The zero-order valence-corrected chi connectivity index (χ0v) is 11.9. The number of ether oxygens (including phenoxy) is 1. The third kappa shape index (κ3) is 5.18. The van der Waals surface area contributed by atoms with Crippen LogP contribution in [-0.4, -0.2) is 36.2 Å². The van der Waals surface area contributed by atoms with E-state index in [9.17, 15) is 0 Å². The van der Waals surface area contributed by atoms with E-state index in [1.165, 1.54) is 0 Å². The highest BCUT2D eigenvalue weighted by molar-refractivity contribution is 6.31. The lowest BCUT2D eigenvalue weighted by atomic mass is 10.3. The lowest BCUT2D eigenvalue weighted by Gasteiger charge is -2.18. The van der Waals surface area contributed by atoms with Gasteiger partial charge in [-0.1, -0.05) is 11.6 Å². The third-order valence-electron chi connectivity index (χ3n) is 2.41. The summed E-state index contributed by atoms with van der Waals surface area (Å²) >= 11 is 6.09. The van der Waals surface area contributed by atoms with E-state index in [4.69, 9.17) is 22.2 Å². The number of nitrogens with zero attached hydrogens (tertiary/aromatic N) is 2. The maximum atomic E-state index is 6.09. The van der Waals surface area contributed by atoms with Crippen LogP contribution in [0.2, 0.25) is 5.02 Å². The number of hydrogen-bond donors (Lipinski definition) is 2. The number of nitrogens with two attached hydrogens (primary N) is 1. The molecule has 1 aromatic rings. The largest absolute Gasteiger partial charge is 0.377 e. The highest BCUT2D eigenvalue weighted by Gasteiger charge is 2.07. The average molecular weight is 273 g/mol. The van der Waals surface area contributed by atoms with Gasteiger partial charge in [-0.25, -0.2) is 10.8 Å². The normalized spacial score (nSPS) is 11.3. The fourth-order valence-corrected chi connectivity index (χ4v) is 1.62. The molecule has 0 radical (unpaired) electrons. The Hall–Kier alpha value is -0.880. The summed E-state index contributed by atoms with van der Waals surface area (Å²) in [4.78, 5) is 6.43. The number of nitrogens with one attached hydrogen (secondary N) is 1. The molecule has 0 amide bonds. The molecule has 5 nitrogen and oxygen atoms in total. The Bertz CT molecular complexity index is 373. The molecule has 18 heavy (non-hydrogen) atoms. The Kier molecular flexibility index (Phi) is 6.35. The molecule has 102 valence electrons. The molecule has 0 bridgehead atoms. The van der Waals surface area contributed by atoms with Gasteiger partial charge in [0.05, 0.1) is 23.4 Å². The van der Waals surface area contributed by atoms with E-state index in [0.717, 1.165) is 12.2 Å². The molecule has 0 atom stereocenters. The molecule has 1 rings (SSSR count). The summed E-state index contributed by atoms with van der Waals surface area (Å²) in [6, 6.07) is 3.53. The summed E-state index contributed by atoms with van der Waals surface area (Å²) in [5.41, 5.74) is 3.32. The van der Waals surface area contributed by atoms with Crippen molar-refractivity contribution in [2.45, 2.75) is 26.5 Å². The fourth-order valence-electron chi connectivity index (χ4n) is 1.45. The maximum Gasteiger partial charge on any atom is 0.140 e. The first kappa shape index (κ1) is 15.2. The summed E-state index contributed by atoms with van der Waals surface area (Å²) < 4.78 is 5.50. The first-order chi connectivity index (χ1) is 8.52. The van der Waals surface area contributed by atoms with Crippen molar-refractivity contribution in [2.75, 3.05) is 25.6 Å². The van der Waals surface area contributed by atoms with E-state index < -0.39 is 0 Å². The van der Waals surface area contributed by atoms with Gasteiger partial charge in [-0.3, -0.25) is 4.90 Å². The Morgan fingerprint density at radius 2 is 2.22 bits per heavy atom. The van der Waals surface area contributed by atoms with E-state index >= 15 is 0 Å². The van der Waals surface area contributed by atoms with E-state index in [1.807, 2.05) is 20.9 Å². The van der Waals surface area contributed by atoms with Gasteiger partial charge in [-0.2, -0.15) is 0 Å². The first-order valence-electron chi connectivity index (χ1n) is 5.95. The number of nitrogen functional groups attached to an aromatic ring is 1. The Morgan fingerprint density at radius 3 is 2.83 bits per heavy atom. The smallest absolute Gasteiger partial charge is 0.140 e. The van der Waals surface area contributed by atoms with Crippen LogP contribution in [0.15, 0.2) is 12.1 Å². The predicted octanol–water partition coefficient (Wildman–Crippen LogP) is 1.88. The number of aromatic nitrogens is 1. The Morgan fingerprint density at radius 1 is 1.50 bits per heavy atom. The maximum absolute atomic E-state index is 6.09. The molecule has 1 aromatic heterocycles. The molecule has 0 saturated heterocycles. The lowest BCUT2D eigenvalue weighted by Crippen LogP contribution is -2.25. The number of halogens is 1. The molecular weight excluding hydrogens is 252 g/mol. The minimum absolute atomic E-state index is 0.255. The zero-order valence-electron chi connectivity index (χ0n) is 11.1. The van der Waals surface area contributed by atoms with E-state index in [0.29, 0.717) is 24.0 Å². The van der Waals surface area contributed by atoms with Crippen molar-refractivity contribution in [2.24, 2.45) is 5.84 Å². The molecule has 1 heterocycles. The molecule has 0 aliphatic heterocycles. The highest BCUT2D eigenvalue weighted by atomic mass is 35.5. The molecule has 3 N–H and O–H groups in total. The zero-order chi connectivity index (χ0) is 13.5. The quantitative estimate of drug-likeness (QED) is 0.586. The minimum Gasteiger partial charge on any atom is -0.377 e. The number of anilines is 1. The van der Waals surface area contributed by atoms with E-state index in [-0.39, 0.29) is 6.10 Å². The van der Waals surface area contributed by atoms with Gasteiger partial charge in [0.1, 0.15) is 5.82 Å². The standard InChI is InChI=1S/C12H21ClN4O/c1-9(2)18-7-6-17(3)8-11-10(13)4-5-12(15-11)16-14/h4-5,9H,6-8,14H2,1-3H3,(H,15,16). The third-order valence-corrected chi connectivity index (χ3v) is 2.75. The summed E-state index contributed by atoms with van der Waals surface area (Å²) in [6.07, 6.45) is 0.255. The van der Waals surface area contributed by atoms with Gasteiger partial charge in [0.15, 0.2) is 0 Å². The van der Waals surface area contributed by atoms with Crippen LogP contribution in [0.1, 0.15) is 19.5 Å². The Labute approximate surface area is 113 Å². The average Bonchev–Trinajstić information content (AvgIpc) is 2.31. The van der Waals surface area contributed by atoms with Crippen molar-refractivity contribution in [1.82, 2.24) is 9.88 Å². The van der Waals surface area contributed by atoms with Crippen LogP contribution in [-0.2, 0) is 11.3 Å². The van der Waals surface area contributed by atoms with Crippen molar-refractivity contribution in [3.63, 3.8) is 0 Å². The van der Waals surface area contributed by atoms with Crippen LogP contribution in [0.4, 0.5) is 5.82 Å². The molecule has 0 fully saturated rings. The molecule has 0 spiro atoms. The van der Waals surface area contributed by atoms with Crippen LogP contribution < -0.4 is 11.3 Å². The molecule has 0 aliphatic carbocycles. The van der Waals surface area contributed by atoms with Crippen LogP contribution in [0.25, 0.3) is 0 Å². The SMILES string of the molecule is CC(C)OCCN(C)Cc1nc(NN)ccc1Cl. The topological polar surface area (TPSA) is 63.4 Å². The van der Waals surface area contributed by atoms with Crippen molar-refractivity contribution in [1.29, 1.82) is 0 Å². The number of rotatable bonds is 7. The van der Waals surface area contributed by atoms with Gasteiger partial charge in [-0.05, 0) is 33.0 Å². The summed E-state index contributed by atoms with van der Waals surface area (Å²) in [5, 5.41) is 0.644. The molecule has 0 aliphatic rings. The van der Waals surface area contributed by atoms with Gasteiger partial charge in [0.2, 0.25) is 0 Å². The van der Waals surface area contributed by atoms with Gasteiger partial charge in [-0.15, -0.1) is 0 Å². The van der Waals surface area contributed by atoms with Crippen LogP contribution in [0, 0.1) is 0 Å². The van der Waals surface area contributed by atoms with Crippen LogP contribution in [0.5, 0.6) is 0 Å². The fraction of sp³-hybridized carbons (Fsp3) is 0.583. The Balaban J connectivity index is 2.50. The molecular formula is C12H21ClN4O. The van der Waals surface area contributed by atoms with Crippen LogP contribution >= 0.6 is 11.6 Å². The first-order valence-corrected chi connectivity index (χ1v) is 6.33. The molecule has 0 aromatic carbocycles. The monoisotopic (exact) mass is 272 g/mol. The lowest BCUT2D eigenvalue weighted by molar-refractivity contribution is 0.0625. The van der Waals surface area contributed by atoms with Crippen molar-refractivity contribution < 1.29 is 4.74 Å². The van der Waals surface area contributed by atoms with E-state index in [2.05, 4.69) is 15.3 Å². The van der Waals surface area contributed by atoms with Gasteiger partial charge in [0, 0.05) is 13.1 Å². The predicted molar refractivity (Wildman–Crippen MR) is 74.5 cm³/mol. The van der Waals surface area contributed by atoms with Crippen molar-refractivity contribution in [3.05, 3.63) is 22.8 Å². The van der Waals surface area contributed by atoms with Gasteiger partial charge >= 0.3 is 0 Å². The second kappa shape index (κ2) is 7.53. The molecule has 0 unspecified atom stereocenters. The van der Waals surface area contributed by atoms with E-state index in [1.54, 1.807) is 12.1 Å². The second-order valence-electron chi connectivity index (χ2n) is 4.43. The second-order valence-corrected chi connectivity index (χ2v) is 4.83.